The van der Waals surface area contributed by atoms with Crippen molar-refractivity contribution in [2.75, 3.05) is 0 Å². The van der Waals surface area contributed by atoms with Crippen LogP contribution in [-0.4, -0.2) is 30.9 Å². The summed E-state index contributed by atoms with van der Waals surface area (Å²) in [6, 6.07) is 50.6. The van der Waals surface area contributed by atoms with Crippen molar-refractivity contribution in [2.24, 2.45) is 0 Å². The van der Waals surface area contributed by atoms with E-state index < -0.39 is 30.9 Å². The van der Waals surface area contributed by atoms with Crippen LogP contribution < -0.4 is 8.79 Å². The first kappa shape index (κ1) is 65.4. The molecule has 0 fully saturated rings. The van der Waals surface area contributed by atoms with Crippen molar-refractivity contribution in [3.8, 4) is 54.3 Å². The van der Waals surface area contributed by atoms with Gasteiger partial charge in [-0.3, -0.25) is 0 Å². The zero-order chi connectivity index (χ0) is 61.4. The average molecular weight is 1230 g/mol. The van der Waals surface area contributed by atoms with Gasteiger partial charge in [-0.15, -0.1) is 0 Å². The molecule has 0 bridgehead atoms. The fourth-order valence-electron chi connectivity index (χ4n) is 12.6. The van der Waals surface area contributed by atoms with Crippen LogP contribution in [0.1, 0.15) is 236 Å². The molecule has 0 saturated carbocycles. The monoisotopic (exact) mass is 1230 g/mol. The molecule has 0 aliphatic carbocycles. The minimum absolute atomic E-state index is 0.430. The van der Waals surface area contributed by atoms with E-state index in [1.54, 1.807) is 0 Å². The Hall–Kier alpha value is -6.17. The second-order valence-electron chi connectivity index (χ2n) is 26.1. The SMILES string of the molecule is Cc1cc(C)c([N+]#[C][Ge][c]2c(-c3c(C(C)C)cccc3C(C)C)cccc2-c2c(C(C)C)cccc2C(C)C)c(C)c1.Cc1cc(C)c([N+]#[C][Ge][c]2c(-c3c(C(C)C)cccc3C(C)C)cccc2-c2c(C(C)C)cccc2C(C)C)c(C)c1. The molecule has 432 valence electrons. The number of hydrogen-bond acceptors (Lipinski definition) is 0. The Morgan fingerprint density at radius 1 is 0.274 bits per heavy atom. The Morgan fingerprint density at radius 3 is 0.631 bits per heavy atom. The van der Waals surface area contributed by atoms with Crippen molar-refractivity contribution in [1.82, 2.24) is 0 Å². The summed E-state index contributed by atoms with van der Waals surface area (Å²) in [4.78, 5) is 17.5. The van der Waals surface area contributed by atoms with Crippen molar-refractivity contribution in [1.29, 1.82) is 0 Å². The normalized spacial score (nSPS) is 11.5. The van der Waals surface area contributed by atoms with Gasteiger partial charge in [0.05, 0.1) is 0 Å². The molecular formula is C80H96Ge2N2+2. The maximum absolute atomic E-state index is 5.05. The summed E-state index contributed by atoms with van der Waals surface area (Å²) in [6.07, 6.45) is 0. The van der Waals surface area contributed by atoms with Crippen LogP contribution in [0.15, 0.2) is 133 Å². The fraction of sp³-hybridized carbons (Fsp3) is 0.375. The third-order valence-corrected chi connectivity index (χ3v) is 20.9. The zero-order valence-electron chi connectivity index (χ0n) is 55.2. The van der Waals surface area contributed by atoms with Crippen LogP contribution in [0.5, 0.6) is 0 Å². The maximum atomic E-state index is 5.05. The van der Waals surface area contributed by atoms with Gasteiger partial charge in [0.25, 0.3) is 0 Å². The molecule has 0 unspecified atom stereocenters. The molecule has 8 aromatic carbocycles. The summed E-state index contributed by atoms with van der Waals surface area (Å²) < 4.78 is 2.88. The molecular weight excluding hydrogens is 1130 g/mol. The molecule has 0 heterocycles. The van der Waals surface area contributed by atoms with Gasteiger partial charge in [-0.25, -0.2) is 0 Å². The van der Waals surface area contributed by atoms with Crippen molar-refractivity contribution in [3.05, 3.63) is 221 Å². The number of aryl methyl sites for hydroxylation is 6. The molecule has 8 rings (SSSR count). The van der Waals surface area contributed by atoms with Crippen LogP contribution in [0.4, 0.5) is 11.4 Å². The summed E-state index contributed by atoms with van der Waals surface area (Å²) in [7, 11) is 0. The summed E-state index contributed by atoms with van der Waals surface area (Å²) in [5.41, 5.74) is 32.1. The van der Waals surface area contributed by atoms with Crippen molar-refractivity contribution in [3.63, 3.8) is 0 Å². The van der Waals surface area contributed by atoms with Crippen LogP contribution in [-0.2, 0) is 0 Å². The molecule has 0 amide bonds. The van der Waals surface area contributed by atoms with E-state index in [4.69, 9.17) is 9.69 Å². The van der Waals surface area contributed by atoms with E-state index in [0.29, 0.717) is 47.3 Å². The van der Waals surface area contributed by atoms with Gasteiger partial charge in [0.2, 0.25) is 0 Å². The first-order valence-electron chi connectivity index (χ1n) is 31.2. The van der Waals surface area contributed by atoms with E-state index in [1.165, 1.54) is 131 Å². The second-order valence-corrected chi connectivity index (χ2v) is 30.2. The van der Waals surface area contributed by atoms with Crippen LogP contribution in [0.3, 0.4) is 0 Å². The van der Waals surface area contributed by atoms with Gasteiger partial charge in [0.1, 0.15) is 0 Å². The third kappa shape index (κ3) is 14.7. The first-order chi connectivity index (χ1) is 39.8. The van der Waals surface area contributed by atoms with E-state index in [9.17, 15) is 0 Å². The molecule has 0 atom stereocenters. The van der Waals surface area contributed by atoms with Gasteiger partial charge in [-0.1, -0.05) is 0 Å². The number of rotatable bonds is 14. The number of nitrogens with zero attached hydrogens (tertiary/aromatic N) is 2. The topological polar surface area (TPSA) is 8.72 Å². The van der Waals surface area contributed by atoms with E-state index in [1.807, 2.05) is 0 Å². The summed E-state index contributed by atoms with van der Waals surface area (Å²) in [5.74, 6) is 3.44. The first-order valence-corrected chi connectivity index (χ1v) is 35.4. The molecule has 4 radical (unpaired) electrons. The Morgan fingerprint density at radius 2 is 0.452 bits per heavy atom. The van der Waals surface area contributed by atoms with E-state index >= 15 is 0 Å². The molecule has 2 nitrogen and oxygen atoms in total. The summed E-state index contributed by atoms with van der Waals surface area (Å²) >= 11 is -1.71. The summed E-state index contributed by atoms with van der Waals surface area (Å²) in [6.45, 7) is 50.2. The zero-order valence-corrected chi connectivity index (χ0v) is 59.4. The Kier molecular flexibility index (Phi) is 22.4. The van der Waals surface area contributed by atoms with Gasteiger partial charge < -0.3 is 0 Å². The van der Waals surface area contributed by atoms with Gasteiger partial charge >= 0.3 is 526 Å². The number of hydrogen-bond donors (Lipinski definition) is 0. The molecule has 0 aliphatic rings. The number of benzene rings is 8. The summed E-state index contributed by atoms with van der Waals surface area (Å²) in [5, 5.41) is 0. The molecule has 0 aliphatic heterocycles. The third-order valence-electron chi connectivity index (χ3n) is 16.7. The van der Waals surface area contributed by atoms with Crippen molar-refractivity contribution in [2.45, 2.75) is 200 Å². The molecule has 4 heteroatoms. The Bertz CT molecular complexity index is 3220. The standard InChI is InChI=1S/2C40H48GeN/c2*1-24(2)31-15-12-16-32(25(3)4)37(31)35-19-14-20-36(38-33(26(5)6)17-13-18-34(38)27(7)8)39(35)41-23-42-40-29(10)21-28(9)22-30(40)11/h2*12-22,24-27H,1-11H3/q2*+1. The van der Waals surface area contributed by atoms with Crippen LogP contribution in [0, 0.1) is 51.3 Å². The molecule has 0 aromatic heterocycles. The average Bonchev–Trinajstić information content (AvgIpc) is 3.43. The van der Waals surface area contributed by atoms with E-state index in [-0.39, 0.29) is 0 Å². The minimum atomic E-state index is -0.855. The molecule has 84 heavy (non-hydrogen) atoms. The fourth-order valence-corrected chi connectivity index (χ4v) is 16.7. The predicted molar refractivity (Wildman–Crippen MR) is 373 cm³/mol. The molecule has 8 aromatic rings. The Balaban J connectivity index is 0.000000241. The van der Waals surface area contributed by atoms with Gasteiger partial charge in [0, 0.05) is 0 Å². The van der Waals surface area contributed by atoms with Crippen LogP contribution >= 0.6 is 0 Å². The molecule has 0 saturated heterocycles. The quantitative estimate of drug-likeness (QED) is 0.0960. The van der Waals surface area contributed by atoms with E-state index in [2.05, 4.69) is 296 Å². The van der Waals surface area contributed by atoms with Crippen LogP contribution in [0.25, 0.3) is 54.2 Å². The molecule has 0 N–H and O–H groups in total. The second kappa shape index (κ2) is 28.8. The molecule has 0 spiro atoms. The Labute approximate surface area is 522 Å². The van der Waals surface area contributed by atoms with Crippen molar-refractivity contribution < 1.29 is 0 Å². The van der Waals surface area contributed by atoms with Gasteiger partial charge in [0.15, 0.2) is 0 Å². The van der Waals surface area contributed by atoms with Crippen LogP contribution in [0.2, 0.25) is 0 Å². The van der Waals surface area contributed by atoms with Gasteiger partial charge in [-0.05, 0) is 0 Å². The van der Waals surface area contributed by atoms with Gasteiger partial charge in [-0.2, -0.15) is 0 Å². The van der Waals surface area contributed by atoms with E-state index in [0.717, 1.165) is 11.4 Å². The van der Waals surface area contributed by atoms with Crippen molar-refractivity contribution >= 4 is 51.0 Å². The predicted octanol–water partition coefficient (Wildman–Crippen LogP) is 22.8.